The minimum Gasteiger partial charge on any atom is -0.383 e. The second-order valence-electron chi connectivity index (χ2n) is 4.96. The van der Waals surface area contributed by atoms with Gasteiger partial charge in [0.15, 0.2) is 5.76 Å². The summed E-state index contributed by atoms with van der Waals surface area (Å²) in [4.78, 5) is 2.22. The lowest BCUT2D eigenvalue weighted by molar-refractivity contribution is 0.144. The molecule has 1 aromatic rings. The molecule has 1 aliphatic carbocycles. The summed E-state index contributed by atoms with van der Waals surface area (Å²) in [5.74, 6) is 0.894. The zero-order valence-corrected chi connectivity index (χ0v) is 11.6. The maximum Gasteiger partial charge on any atom is 0.151 e. The summed E-state index contributed by atoms with van der Waals surface area (Å²) in [5.41, 5.74) is 0.979. The molecule has 1 aliphatic rings. The van der Waals surface area contributed by atoms with Crippen LogP contribution in [0.15, 0.2) is 23.2 Å². The van der Waals surface area contributed by atoms with Crippen LogP contribution in [0.4, 0.5) is 0 Å². The van der Waals surface area contributed by atoms with Crippen LogP contribution in [-0.4, -0.2) is 42.9 Å². The number of nitrogens with zero attached hydrogens (tertiary/aromatic N) is 2. The highest BCUT2D eigenvalue weighted by Crippen LogP contribution is 2.19. The van der Waals surface area contributed by atoms with Crippen LogP contribution in [0.2, 0.25) is 0 Å². The van der Waals surface area contributed by atoms with Crippen molar-refractivity contribution in [1.82, 2.24) is 15.4 Å². The number of rotatable bonds is 10. The molecule has 0 bridgehead atoms. The van der Waals surface area contributed by atoms with Crippen molar-refractivity contribution >= 4 is 0 Å². The lowest BCUT2D eigenvalue weighted by Crippen LogP contribution is -2.26. The molecule has 0 spiro atoms. The van der Waals surface area contributed by atoms with Gasteiger partial charge >= 0.3 is 0 Å². The largest absolute Gasteiger partial charge is 0.383 e. The van der Waals surface area contributed by atoms with Crippen molar-refractivity contribution in [3.05, 3.63) is 30.2 Å². The van der Waals surface area contributed by atoms with Crippen LogP contribution in [-0.2, 0) is 17.8 Å². The highest BCUT2D eigenvalue weighted by Gasteiger charge is 2.20. The van der Waals surface area contributed by atoms with Crippen LogP contribution in [0.3, 0.4) is 0 Å². The van der Waals surface area contributed by atoms with Gasteiger partial charge in [0.25, 0.3) is 0 Å². The Bertz CT molecular complexity index is 388. The van der Waals surface area contributed by atoms with Gasteiger partial charge in [0.05, 0.1) is 18.8 Å². The zero-order valence-electron chi connectivity index (χ0n) is 11.6. The first kappa shape index (κ1) is 14.2. The van der Waals surface area contributed by atoms with Gasteiger partial charge in [-0.25, -0.2) is 0 Å². The van der Waals surface area contributed by atoms with Crippen molar-refractivity contribution in [2.24, 2.45) is 0 Å². The molecule has 1 heterocycles. The summed E-state index contributed by atoms with van der Waals surface area (Å²) in [5, 5.41) is 7.51. The third-order valence-corrected chi connectivity index (χ3v) is 3.14. The fourth-order valence-corrected chi connectivity index (χ4v) is 1.91. The van der Waals surface area contributed by atoms with Crippen LogP contribution >= 0.6 is 0 Å². The van der Waals surface area contributed by atoms with Crippen molar-refractivity contribution in [2.75, 3.05) is 26.8 Å². The van der Waals surface area contributed by atoms with E-state index in [0.29, 0.717) is 12.6 Å². The molecule has 0 aliphatic heterocycles. The van der Waals surface area contributed by atoms with Gasteiger partial charge in [-0.1, -0.05) is 11.2 Å². The van der Waals surface area contributed by atoms with Crippen molar-refractivity contribution < 1.29 is 9.26 Å². The van der Waals surface area contributed by atoms with Gasteiger partial charge < -0.3 is 14.6 Å². The quantitative estimate of drug-likeness (QED) is 0.651. The minimum atomic E-state index is 0.694. The van der Waals surface area contributed by atoms with Gasteiger partial charge in [0, 0.05) is 38.9 Å². The Morgan fingerprint density at radius 2 is 2.47 bits per heavy atom. The molecule has 2 rings (SSSR count). The summed E-state index contributed by atoms with van der Waals surface area (Å²) in [6.07, 6.45) is 4.46. The van der Waals surface area contributed by atoms with Gasteiger partial charge in [0.2, 0.25) is 0 Å². The molecule has 5 heteroatoms. The topological polar surface area (TPSA) is 50.5 Å². The van der Waals surface area contributed by atoms with E-state index >= 15 is 0 Å². The number of methoxy groups -OCH3 is 1. The molecule has 106 valence electrons. The molecule has 1 saturated carbocycles. The first-order valence-electron chi connectivity index (χ1n) is 6.82. The lowest BCUT2D eigenvalue weighted by Gasteiger charge is -2.18. The summed E-state index contributed by atoms with van der Waals surface area (Å²) in [7, 11) is 1.71. The Labute approximate surface area is 114 Å². The van der Waals surface area contributed by atoms with Gasteiger partial charge in [-0.15, -0.1) is 6.58 Å². The maximum absolute atomic E-state index is 5.37. The van der Waals surface area contributed by atoms with Crippen LogP contribution in [0.25, 0.3) is 0 Å². The van der Waals surface area contributed by atoms with Crippen molar-refractivity contribution in [3.8, 4) is 0 Å². The Morgan fingerprint density at radius 1 is 1.63 bits per heavy atom. The van der Waals surface area contributed by atoms with Gasteiger partial charge in [-0.05, 0) is 12.8 Å². The molecule has 0 unspecified atom stereocenters. The van der Waals surface area contributed by atoms with Gasteiger partial charge in [0.1, 0.15) is 0 Å². The van der Waals surface area contributed by atoms with E-state index in [2.05, 4.69) is 22.0 Å². The minimum absolute atomic E-state index is 0.694. The fourth-order valence-electron chi connectivity index (χ4n) is 1.91. The van der Waals surface area contributed by atoms with E-state index in [4.69, 9.17) is 9.26 Å². The smallest absolute Gasteiger partial charge is 0.151 e. The number of nitrogens with one attached hydrogen (secondary N) is 1. The first-order valence-corrected chi connectivity index (χ1v) is 6.82. The van der Waals surface area contributed by atoms with Gasteiger partial charge in [-0.3, -0.25) is 4.90 Å². The SMILES string of the molecule is C=CCN(CCOC)Cc1cc(CNC2CC2)no1. The average Bonchev–Trinajstić information content (AvgIpc) is 3.14. The molecular weight excluding hydrogens is 242 g/mol. The summed E-state index contributed by atoms with van der Waals surface area (Å²) in [6, 6.07) is 2.72. The van der Waals surface area contributed by atoms with Crippen LogP contribution in [0.1, 0.15) is 24.3 Å². The molecule has 0 radical (unpaired) electrons. The molecule has 1 aromatic heterocycles. The molecular formula is C14H23N3O2. The highest BCUT2D eigenvalue weighted by molar-refractivity contribution is 5.06. The Hall–Kier alpha value is -1.17. The number of hydrogen-bond donors (Lipinski definition) is 1. The molecule has 1 fully saturated rings. The monoisotopic (exact) mass is 265 g/mol. The van der Waals surface area contributed by atoms with Crippen LogP contribution in [0.5, 0.6) is 0 Å². The summed E-state index contributed by atoms with van der Waals surface area (Å²) >= 11 is 0. The van der Waals surface area contributed by atoms with E-state index in [-0.39, 0.29) is 0 Å². The van der Waals surface area contributed by atoms with E-state index in [1.807, 2.05) is 12.1 Å². The van der Waals surface area contributed by atoms with Crippen LogP contribution in [0, 0.1) is 0 Å². The van der Waals surface area contributed by atoms with E-state index in [1.165, 1.54) is 12.8 Å². The van der Waals surface area contributed by atoms with E-state index in [0.717, 1.165) is 37.6 Å². The second kappa shape index (κ2) is 7.43. The molecule has 0 amide bonds. The van der Waals surface area contributed by atoms with Gasteiger partial charge in [-0.2, -0.15) is 0 Å². The second-order valence-corrected chi connectivity index (χ2v) is 4.96. The van der Waals surface area contributed by atoms with E-state index in [9.17, 15) is 0 Å². The predicted molar refractivity (Wildman–Crippen MR) is 73.7 cm³/mol. The summed E-state index contributed by atoms with van der Waals surface area (Å²) in [6.45, 7) is 7.70. The molecule has 5 nitrogen and oxygen atoms in total. The van der Waals surface area contributed by atoms with E-state index < -0.39 is 0 Å². The van der Waals surface area contributed by atoms with Crippen molar-refractivity contribution in [1.29, 1.82) is 0 Å². The normalized spacial score (nSPS) is 15.1. The number of hydrogen-bond acceptors (Lipinski definition) is 5. The van der Waals surface area contributed by atoms with Crippen molar-refractivity contribution in [3.63, 3.8) is 0 Å². The highest BCUT2D eigenvalue weighted by atomic mass is 16.5. The Balaban J connectivity index is 1.79. The first-order chi connectivity index (χ1) is 9.31. The Morgan fingerprint density at radius 3 is 3.16 bits per heavy atom. The molecule has 0 aromatic carbocycles. The fraction of sp³-hybridized carbons (Fsp3) is 0.643. The summed E-state index contributed by atoms with van der Waals surface area (Å²) < 4.78 is 10.5. The third-order valence-electron chi connectivity index (χ3n) is 3.14. The number of aromatic nitrogens is 1. The molecule has 19 heavy (non-hydrogen) atoms. The molecule has 0 saturated heterocycles. The Kier molecular flexibility index (Phi) is 5.57. The predicted octanol–water partition coefficient (Wildman–Crippen LogP) is 1.56. The number of ether oxygens (including phenoxy) is 1. The molecule has 0 atom stereocenters. The van der Waals surface area contributed by atoms with E-state index in [1.54, 1.807) is 7.11 Å². The standard InChI is InChI=1S/C14H23N3O2/c1-3-6-17(7-8-18-2)11-14-9-13(16-19-14)10-15-12-4-5-12/h3,9,12,15H,1,4-8,10-11H2,2H3. The lowest BCUT2D eigenvalue weighted by atomic mass is 10.3. The average molecular weight is 265 g/mol. The van der Waals surface area contributed by atoms with Crippen molar-refractivity contribution in [2.45, 2.75) is 32.0 Å². The third kappa shape index (κ3) is 5.14. The molecule has 1 N–H and O–H groups in total. The zero-order chi connectivity index (χ0) is 13.5. The van der Waals surface area contributed by atoms with Crippen LogP contribution < -0.4 is 5.32 Å². The maximum atomic E-state index is 5.37.